The van der Waals surface area contributed by atoms with Crippen LogP contribution in [-0.2, 0) is 9.53 Å². The average Bonchev–Trinajstić information content (AvgIpc) is 2.86. The summed E-state index contributed by atoms with van der Waals surface area (Å²) in [7, 11) is 1.58. The minimum Gasteiger partial charge on any atom is -0.372 e. The quantitative estimate of drug-likeness (QED) is 0.822. The van der Waals surface area contributed by atoms with Gasteiger partial charge in [-0.1, -0.05) is 24.3 Å². The molecule has 1 aliphatic rings. The van der Waals surface area contributed by atoms with E-state index in [1.165, 1.54) is 11.1 Å². The number of hydrogen-bond donors (Lipinski definition) is 0. The van der Waals surface area contributed by atoms with Crippen LogP contribution in [0.1, 0.15) is 36.9 Å². The van der Waals surface area contributed by atoms with Gasteiger partial charge in [0.15, 0.2) is 0 Å². The lowest BCUT2D eigenvalue weighted by Gasteiger charge is -2.28. The smallest absolute Gasteiger partial charge is 0.251 e. The molecular weight excluding hydrogens is 226 g/mol. The third-order valence-electron chi connectivity index (χ3n) is 3.78. The van der Waals surface area contributed by atoms with Gasteiger partial charge in [0.25, 0.3) is 5.91 Å². The fourth-order valence-electron chi connectivity index (χ4n) is 2.65. The van der Waals surface area contributed by atoms with Crippen LogP contribution in [0.25, 0.3) is 0 Å². The molecule has 1 amide bonds. The predicted molar refractivity (Wildman–Crippen MR) is 71.3 cm³/mol. The summed E-state index contributed by atoms with van der Waals surface area (Å²) in [6.07, 6.45) is 1.77. The van der Waals surface area contributed by atoms with Crippen LogP contribution in [0.15, 0.2) is 24.3 Å². The van der Waals surface area contributed by atoms with Gasteiger partial charge < -0.3 is 9.64 Å². The van der Waals surface area contributed by atoms with Gasteiger partial charge in [0, 0.05) is 13.7 Å². The number of aryl methyl sites for hydroxylation is 1. The monoisotopic (exact) mass is 247 g/mol. The van der Waals surface area contributed by atoms with Gasteiger partial charge in [-0.25, -0.2) is 0 Å². The summed E-state index contributed by atoms with van der Waals surface area (Å²) in [6.45, 7) is 4.76. The zero-order valence-electron chi connectivity index (χ0n) is 11.3. The normalized spacial score (nSPS) is 21.1. The summed E-state index contributed by atoms with van der Waals surface area (Å²) in [5, 5.41) is 0. The number of nitrogens with zero attached hydrogens (tertiary/aromatic N) is 1. The molecule has 2 rings (SSSR count). The summed E-state index contributed by atoms with van der Waals surface area (Å²) in [5.74, 6) is 0.100. The minimum atomic E-state index is -0.352. The van der Waals surface area contributed by atoms with E-state index in [-0.39, 0.29) is 18.1 Å². The van der Waals surface area contributed by atoms with Crippen LogP contribution in [0.5, 0.6) is 0 Å². The Hall–Kier alpha value is -1.35. The van der Waals surface area contributed by atoms with E-state index in [2.05, 4.69) is 19.1 Å². The topological polar surface area (TPSA) is 29.5 Å². The third kappa shape index (κ3) is 2.41. The largest absolute Gasteiger partial charge is 0.372 e. The van der Waals surface area contributed by atoms with Crippen LogP contribution >= 0.6 is 0 Å². The Kier molecular flexibility index (Phi) is 4.02. The average molecular weight is 247 g/mol. The van der Waals surface area contributed by atoms with Crippen LogP contribution in [0.2, 0.25) is 0 Å². The van der Waals surface area contributed by atoms with E-state index < -0.39 is 0 Å². The van der Waals surface area contributed by atoms with Crippen molar-refractivity contribution in [2.24, 2.45) is 0 Å². The lowest BCUT2D eigenvalue weighted by molar-refractivity contribution is -0.141. The molecule has 2 unspecified atom stereocenters. The number of ether oxygens (including phenoxy) is 1. The van der Waals surface area contributed by atoms with E-state index in [1.807, 2.05) is 24.0 Å². The maximum Gasteiger partial charge on any atom is 0.251 e. The highest BCUT2D eigenvalue weighted by atomic mass is 16.5. The van der Waals surface area contributed by atoms with E-state index in [4.69, 9.17) is 4.74 Å². The highest BCUT2D eigenvalue weighted by Gasteiger charge is 2.32. The summed E-state index contributed by atoms with van der Waals surface area (Å²) < 4.78 is 5.15. The molecule has 0 bridgehead atoms. The Morgan fingerprint density at radius 2 is 2.17 bits per heavy atom. The van der Waals surface area contributed by atoms with Crippen molar-refractivity contribution in [1.82, 2.24) is 4.90 Å². The summed E-state index contributed by atoms with van der Waals surface area (Å²) in [5.41, 5.74) is 2.53. The fraction of sp³-hybridized carbons (Fsp3) is 0.533. The molecule has 1 aromatic rings. The van der Waals surface area contributed by atoms with Crippen molar-refractivity contribution in [3.8, 4) is 0 Å². The van der Waals surface area contributed by atoms with Crippen molar-refractivity contribution in [1.29, 1.82) is 0 Å². The maximum atomic E-state index is 12.3. The van der Waals surface area contributed by atoms with Crippen molar-refractivity contribution < 1.29 is 9.53 Å². The van der Waals surface area contributed by atoms with Crippen molar-refractivity contribution in [2.45, 2.75) is 38.8 Å². The third-order valence-corrected chi connectivity index (χ3v) is 3.78. The van der Waals surface area contributed by atoms with Crippen molar-refractivity contribution in [2.75, 3.05) is 13.7 Å². The molecule has 0 N–H and O–H groups in total. The first-order valence-electron chi connectivity index (χ1n) is 6.54. The highest BCUT2D eigenvalue weighted by Crippen LogP contribution is 2.34. The second-order valence-electron chi connectivity index (χ2n) is 4.92. The molecule has 2 atom stereocenters. The molecule has 3 nitrogen and oxygen atoms in total. The van der Waals surface area contributed by atoms with Gasteiger partial charge in [-0.3, -0.25) is 4.79 Å². The molecule has 1 saturated heterocycles. The molecule has 0 radical (unpaired) electrons. The van der Waals surface area contributed by atoms with Crippen LogP contribution in [0.3, 0.4) is 0 Å². The van der Waals surface area contributed by atoms with E-state index in [0.29, 0.717) is 0 Å². The van der Waals surface area contributed by atoms with Crippen molar-refractivity contribution in [3.05, 3.63) is 35.4 Å². The SMILES string of the molecule is COC(C)C(=O)N1CCCC1c1ccccc1C. The van der Waals surface area contributed by atoms with Gasteiger partial charge >= 0.3 is 0 Å². The molecule has 18 heavy (non-hydrogen) atoms. The van der Waals surface area contributed by atoms with Crippen molar-refractivity contribution >= 4 is 5.91 Å². The number of likely N-dealkylation sites (tertiary alicyclic amines) is 1. The van der Waals surface area contributed by atoms with Crippen LogP contribution in [-0.4, -0.2) is 30.6 Å². The number of carbonyl (C=O) groups excluding carboxylic acids is 1. The molecule has 98 valence electrons. The van der Waals surface area contributed by atoms with E-state index in [0.717, 1.165) is 19.4 Å². The first kappa shape index (κ1) is 13.1. The Bertz CT molecular complexity index is 430. The van der Waals surface area contributed by atoms with E-state index >= 15 is 0 Å². The number of amides is 1. The number of hydrogen-bond acceptors (Lipinski definition) is 2. The Morgan fingerprint density at radius 1 is 1.44 bits per heavy atom. The molecular formula is C15H21NO2. The zero-order chi connectivity index (χ0) is 13.1. The first-order valence-corrected chi connectivity index (χ1v) is 6.54. The van der Waals surface area contributed by atoms with Gasteiger partial charge in [-0.15, -0.1) is 0 Å². The molecule has 1 fully saturated rings. The standard InChI is InChI=1S/C15H21NO2/c1-11-7-4-5-8-13(11)14-9-6-10-16(14)15(17)12(2)18-3/h4-5,7-8,12,14H,6,9-10H2,1-3H3. The van der Waals surface area contributed by atoms with Gasteiger partial charge in [-0.2, -0.15) is 0 Å². The van der Waals surface area contributed by atoms with E-state index in [1.54, 1.807) is 7.11 Å². The zero-order valence-corrected chi connectivity index (χ0v) is 11.3. The Morgan fingerprint density at radius 3 is 2.83 bits per heavy atom. The lowest BCUT2D eigenvalue weighted by atomic mass is 9.99. The first-order chi connectivity index (χ1) is 8.65. The van der Waals surface area contributed by atoms with Crippen LogP contribution in [0, 0.1) is 6.92 Å². The van der Waals surface area contributed by atoms with Gasteiger partial charge in [-0.05, 0) is 37.8 Å². The lowest BCUT2D eigenvalue weighted by Crippen LogP contribution is -2.38. The summed E-state index contributed by atoms with van der Waals surface area (Å²) in [4.78, 5) is 14.2. The maximum absolute atomic E-state index is 12.3. The number of rotatable bonds is 3. The van der Waals surface area contributed by atoms with Crippen molar-refractivity contribution in [3.63, 3.8) is 0 Å². The molecule has 0 aliphatic carbocycles. The highest BCUT2D eigenvalue weighted by molar-refractivity contribution is 5.81. The number of methoxy groups -OCH3 is 1. The second-order valence-corrected chi connectivity index (χ2v) is 4.92. The minimum absolute atomic E-state index is 0.100. The molecule has 0 saturated carbocycles. The molecule has 1 heterocycles. The van der Waals surface area contributed by atoms with E-state index in [9.17, 15) is 4.79 Å². The molecule has 3 heteroatoms. The molecule has 0 aromatic heterocycles. The summed E-state index contributed by atoms with van der Waals surface area (Å²) in [6, 6.07) is 8.54. The predicted octanol–water partition coefficient (Wildman–Crippen LogP) is 2.69. The Balaban J connectivity index is 2.23. The van der Waals surface area contributed by atoms with Gasteiger partial charge in [0.1, 0.15) is 6.10 Å². The summed E-state index contributed by atoms with van der Waals surface area (Å²) >= 11 is 0. The van der Waals surface area contributed by atoms with Gasteiger partial charge in [0.2, 0.25) is 0 Å². The Labute approximate surface area is 109 Å². The van der Waals surface area contributed by atoms with Crippen LogP contribution in [0.4, 0.5) is 0 Å². The van der Waals surface area contributed by atoms with Crippen LogP contribution < -0.4 is 0 Å². The molecule has 0 spiro atoms. The number of carbonyl (C=O) groups is 1. The number of benzene rings is 1. The fourth-order valence-corrected chi connectivity index (χ4v) is 2.65. The molecule has 1 aromatic carbocycles. The molecule has 1 aliphatic heterocycles. The van der Waals surface area contributed by atoms with Gasteiger partial charge in [0.05, 0.1) is 6.04 Å². The second kappa shape index (κ2) is 5.53.